The predicted octanol–water partition coefficient (Wildman–Crippen LogP) is 3.96. The number of nitrogens with zero attached hydrogens (tertiary/aromatic N) is 1. The quantitative estimate of drug-likeness (QED) is 0.486. The Morgan fingerprint density at radius 1 is 1.10 bits per heavy atom. The van der Waals surface area contributed by atoms with Gasteiger partial charge in [0, 0.05) is 6.08 Å². The van der Waals surface area contributed by atoms with Crippen LogP contribution in [0.1, 0.15) is 11.1 Å². The van der Waals surface area contributed by atoms with E-state index in [0.717, 1.165) is 6.08 Å². The Morgan fingerprint density at radius 3 is 2.19 bits per heavy atom. The van der Waals surface area contributed by atoms with E-state index in [1.54, 1.807) is 30.3 Å². The van der Waals surface area contributed by atoms with E-state index < -0.39 is 22.4 Å². The molecular weight excluding hydrogens is 283 g/mol. The summed E-state index contributed by atoms with van der Waals surface area (Å²) in [6.07, 6.45) is 1.02. The van der Waals surface area contributed by atoms with Crippen molar-refractivity contribution in [2.45, 2.75) is 6.42 Å². The van der Waals surface area contributed by atoms with Gasteiger partial charge in [0.2, 0.25) is 0 Å². The van der Waals surface area contributed by atoms with Crippen LogP contribution >= 0.6 is 0 Å². The maximum absolute atomic E-state index is 13.1. The molecule has 2 aromatic rings. The van der Waals surface area contributed by atoms with Crippen molar-refractivity contribution in [3.63, 3.8) is 0 Å². The van der Waals surface area contributed by atoms with Crippen LogP contribution in [0.25, 0.3) is 6.08 Å². The van der Waals surface area contributed by atoms with Crippen LogP contribution in [0, 0.1) is 27.6 Å². The first kappa shape index (κ1) is 14.8. The molecule has 0 saturated carbocycles. The van der Waals surface area contributed by atoms with Gasteiger partial charge in [0.25, 0.3) is 5.70 Å². The number of nitro groups is 1. The highest BCUT2D eigenvalue weighted by Crippen LogP contribution is 2.18. The second-order valence-electron chi connectivity index (χ2n) is 4.35. The topological polar surface area (TPSA) is 43.1 Å². The molecule has 0 spiro atoms. The average Bonchev–Trinajstić information content (AvgIpc) is 2.45. The van der Waals surface area contributed by atoms with Crippen LogP contribution in [0.4, 0.5) is 13.2 Å². The van der Waals surface area contributed by atoms with Gasteiger partial charge >= 0.3 is 0 Å². The summed E-state index contributed by atoms with van der Waals surface area (Å²) in [6.45, 7) is 0. The average molecular weight is 293 g/mol. The van der Waals surface area contributed by atoms with E-state index >= 15 is 0 Å². The van der Waals surface area contributed by atoms with Gasteiger partial charge in [0.1, 0.15) is 0 Å². The third-order valence-corrected chi connectivity index (χ3v) is 2.80. The number of rotatable bonds is 4. The van der Waals surface area contributed by atoms with Crippen LogP contribution in [0.2, 0.25) is 0 Å². The SMILES string of the molecule is O=[N+]([O-])C(=Cc1cc(F)c(F)c(F)c1)Cc1ccccc1. The molecule has 0 heterocycles. The van der Waals surface area contributed by atoms with E-state index in [4.69, 9.17) is 0 Å². The Morgan fingerprint density at radius 2 is 1.67 bits per heavy atom. The maximum atomic E-state index is 13.1. The number of allylic oxidation sites excluding steroid dienone is 1. The molecule has 21 heavy (non-hydrogen) atoms. The fourth-order valence-electron chi connectivity index (χ4n) is 1.82. The maximum Gasteiger partial charge on any atom is 0.251 e. The summed E-state index contributed by atoms with van der Waals surface area (Å²) in [7, 11) is 0. The molecule has 0 N–H and O–H groups in total. The lowest BCUT2D eigenvalue weighted by Gasteiger charge is -2.01. The molecule has 0 saturated heterocycles. The minimum atomic E-state index is -1.60. The Kier molecular flexibility index (Phi) is 4.37. The fourth-order valence-corrected chi connectivity index (χ4v) is 1.82. The molecule has 3 nitrogen and oxygen atoms in total. The molecule has 108 valence electrons. The van der Waals surface area contributed by atoms with Gasteiger partial charge in [-0.3, -0.25) is 10.1 Å². The number of halogens is 3. The molecule has 0 radical (unpaired) electrons. The summed E-state index contributed by atoms with van der Waals surface area (Å²) < 4.78 is 39.1. The Labute approximate surface area is 118 Å². The predicted molar refractivity (Wildman–Crippen MR) is 71.4 cm³/mol. The second kappa shape index (κ2) is 6.21. The van der Waals surface area contributed by atoms with E-state index in [2.05, 4.69) is 0 Å². The van der Waals surface area contributed by atoms with Crippen LogP contribution < -0.4 is 0 Å². The highest BCUT2D eigenvalue weighted by atomic mass is 19.2. The third kappa shape index (κ3) is 3.68. The van der Waals surface area contributed by atoms with Crippen LogP contribution in [0.3, 0.4) is 0 Å². The summed E-state index contributed by atoms with van der Waals surface area (Å²) in [6, 6.07) is 10.0. The zero-order valence-corrected chi connectivity index (χ0v) is 10.7. The third-order valence-electron chi connectivity index (χ3n) is 2.80. The van der Waals surface area contributed by atoms with Gasteiger partial charge in [-0.15, -0.1) is 0 Å². The molecule has 0 aliphatic heterocycles. The van der Waals surface area contributed by atoms with E-state index in [9.17, 15) is 23.3 Å². The minimum absolute atomic E-state index is 0.00550. The zero-order chi connectivity index (χ0) is 15.4. The zero-order valence-electron chi connectivity index (χ0n) is 10.7. The smallest absolute Gasteiger partial charge is 0.251 e. The standard InChI is InChI=1S/C15H10F3NO2/c16-13-8-11(9-14(17)15(13)18)7-12(19(20)21)6-10-4-2-1-3-5-10/h1-5,7-9H,6H2. The molecule has 0 aliphatic rings. The van der Waals surface area contributed by atoms with Crippen molar-refractivity contribution in [2.24, 2.45) is 0 Å². The van der Waals surface area contributed by atoms with Crippen molar-refractivity contribution in [3.05, 3.63) is 86.9 Å². The first-order valence-electron chi connectivity index (χ1n) is 6.01. The fraction of sp³-hybridized carbons (Fsp3) is 0.0667. The van der Waals surface area contributed by atoms with Gasteiger partial charge in [-0.1, -0.05) is 30.3 Å². The van der Waals surface area contributed by atoms with Crippen LogP contribution in [0.5, 0.6) is 0 Å². The van der Waals surface area contributed by atoms with E-state index in [1.807, 2.05) is 0 Å². The summed E-state index contributed by atoms with van der Waals surface area (Å²) >= 11 is 0. The largest absolute Gasteiger partial charge is 0.259 e. The van der Waals surface area contributed by atoms with E-state index in [1.165, 1.54) is 0 Å². The number of hydrogen-bond acceptors (Lipinski definition) is 2. The van der Waals surface area contributed by atoms with Crippen LogP contribution in [-0.2, 0) is 6.42 Å². The lowest BCUT2D eigenvalue weighted by Crippen LogP contribution is -2.03. The van der Waals surface area contributed by atoms with Gasteiger partial charge in [0.15, 0.2) is 17.5 Å². The Bertz CT molecular complexity index is 676. The highest BCUT2D eigenvalue weighted by Gasteiger charge is 2.15. The highest BCUT2D eigenvalue weighted by molar-refractivity contribution is 5.52. The number of hydrogen-bond donors (Lipinski definition) is 0. The summed E-state index contributed by atoms with van der Waals surface area (Å²) in [5, 5.41) is 11.0. The molecule has 6 heteroatoms. The normalized spacial score (nSPS) is 11.5. The first-order valence-corrected chi connectivity index (χ1v) is 6.01. The Hall–Kier alpha value is -2.63. The lowest BCUT2D eigenvalue weighted by molar-refractivity contribution is -0.425. The molecule has 2 rings (SSSR count). The lowest BCUT2D eigenvalue weighted by atomic mass is 10.1. The monoisotopic (exact) mass is 293 g/mol. The van der Waals surface area contributed by atoms with E-state index in [0.29, 0.717) is 17.7 Å². The van der Waals surface area contributed by atoms with Gasteiger partial charge in [0.05, 0.1) is 11.3 Å². The first-order chi connectivity index (χ1) is 9.97. The summed E-state index contributed by atoms with van der Waals surface area (Å²) in [5.41, 5.74) is 0.337. The molecular formula is C15H10F3NO2. The van der Waals surface area contributed by atoms with Crippen molar-refractivity contribution in [2.75, 3.05) is 0 Å². The van der Waals surface area contributed by atoms with Gasteiger partial charge in [-0.05, 0) is 23.3 Å². The van der Waals surface area contributed by atoms with Crippen molar-refractivity contribution < 1.29 is 18.1 Å². The van der Waals surface area contributed by atoms with Gasteiger partial charge < -0.3 is 0 Å². The molecule has 2 aromatic carbocycles. The van der Waals surface area contributed by atoms with Crippen molar-refractivity contribution in [1.29, 1.82) is 0 Å². The minimum Gasteiger partial charge on any atom is -0.259 e. The van der Waals surface area contributed by atoms with E-state index in [-0.39, 0.29) is 17.7 Å². The summed E-state index contributed by atoms with van der Waals surface area (Å²) in [4.78, 5) is 10.4. The Balaban J connectivity index is 2.36. The van der Waals surface area contributed by atoms with Gasteiger partial charge in [-0.25, -0.2) is 13.2 Å². The molecule has 0 aromatic heterocycles. The van der Waals surface area contributed by atoms with Crippen LogP contribution in [0.15, 0.2) is 48.2 Å². The van der Waals surface area contributed by atoms with Crippen molar-refractivity contribution in [1.82, 2.24) is 0 Å². The molecule has 0 fully saturated rings. The van der Waals surface area contributed by atoms with Crippen molar-refractivity contribution in [3.8, 4) is 0 Å². The molecule has 0 amide bonds. The van der Waals surface area contributed by atoms with Crippen LogP contribution in [-0.4, -0.2) is 4.92 Å². The van der Waals surface area contributed by atoms with Crippen molar-refractivity contribution >= 4 is 6.08 Å². The molecule has 0 aliphatic carbocycles. The second-order valence-corrected chi connectivity index (χ2v) is 4.35. The summed E-state index contributed by atoms with van der Waals surface area (Å²) in [5.74, 6) is -4.37. The molecule has 0 atom stereocenters. The molecule has 0 unspecified atom stereocenters. The number of benzene rings is 2. The molecule has 0 bridgehead atoms. The van der Waals surface area contributed by atoms with Gasteiger partial charge in [-0.2, -0.15) is 0 Å².